The van der Waals surface area contributed by atoms with E-state index >= 15 is 0 Å². The van der Waals surface area contributed by atoms with Crippen molar-refractivity contribution in [1.82, 2.24) is 0 Å². The Labute approximate surface area is 95.2 Å². The molecule has 0 aromatic heterocycles. The van der Waals surface area contributed by atoms with Gasteiger partial charge in [0.2, 0.25) is 12.1 Å². The molecule has 0 aliphatic carbocycles. The number of ether oxygens (including phenoxy) is 1. The fraction of sp³-hybridized carbons (Fsp3) is 0.538. The fourth-order valence-electron chi connectivity index (χ4n) is 2.53. The molecule has 3 heteroatoms. The summed E-state index contributed by atoms with van der Waals surface area (Å²) >= 11 is 0. The summed E-state index contributed by atoms with van der Waals surface area (Å²) in [6.45, 7) is 6.26. The molecule has 2 heterocycles. The Bertz CT molecular complexity index is 415. The minimum absolute atomic E-state index is 0.213. The molecule has 0 N–H and O–H groups in total. The van der Waals surface area contributed by atoms with E-state index in [4.69, 9.17) is 14.5 Å². The lowest BCUT2D eigenvalue weighted by molar-refractivity contribution is -0.346. The van der Waals surface area contributed by atoms with Crippen LogP contribution in [0.3, 0.4) is 0 Å². The summed E-state index contributed by atoms with van der Waals surface area (Å²) < 4.78 is 5.94. The molecule has 0 amide bonds. The molecule has 2 bridgehead atoms. The molecule has 0 unspecified atom stereocenters. The summed E-state index contributed by atoms with van der Waals surface area (Å²) in [6, 6.07) is 8.26. The average molecular weight is 220 g/mol. The lowest BCUT2D eigenvalue weighted by Crippen LogP contribution is -2.39. The minimum Gasteiger partial charge on any atom is -0.310 e. The van der Waals surface area contributed by atoms with Gasteiger partial charge in [-0.1, -0.05) is 45.0 Å². The summed E-state index contributed by atoms with van der Waals surface area (Å²) in [5.41, 5.74) is 2.37. The van der Waals surface area contributed by atoms with Gasteiger partial charge in [0.1, 0.15) is 0 Å². The molecule has 0 spiro atoms. The van der Waals surface area contributed by atoms with Crippen molar-refractivity contribution in [2.75, 3.05) is 0 Å². The first-order valence-corrected chi connectivity index (χ1v) is 5.77. The van der Waals surface area contributed by atoms with Gasteiger partial charge in [0, 0.05) is 17.4 Å². The van der Waals surface area contributed by atoms with Gasteiger partial charge in [0.05, 0.1) is 0 Å². The maximum Gasteiger partial charge on any atom is 0.232 e. The molecule has 1 aromatic rings. The summed E-state index contributed by atoms with van der Waals surface area (Å²) in [4.78, 5) is 10.8. The topological polar surface area (TPSA) is 27.7 Å². The first-order chi connectivity index (χ1) is 7.65. The third-order valence-electron chi connectivity index (χ3n) is 3.55. The Morgan fingerprint density at radius 3 is 2.75 bits per heavy atom. The molecule has 1 fully saturated rings. The van der Waals surface area contributed by atoms with Gasteiger partial charge in [0.15, 0.2) is 0 Å². The van der Waals surface area contributed by atoms with Gasteiger partial charge < -0.3 is 4.74 Å². The van der Waals surface area contributed by atoms with Crippen LogP contribution in [0.25, 0.3) is 0 Å². The van der Waals surface area contributed by atoms with Crippen LogP contribution in [0.2, 0.25) is 0 Å². The highest BCUT2D eigenvalue weighted by Crippen LogP contribution is 2.51. The highest BCUT2D eigenvalue weighted by Gasteiger charge is 2.54. The van der Waals surface area contributed by atoms with Gasteiger partial charge in [-0.25, -0.2) is 4.89 Å². The predicted octanol–water partition coefficient (Wildman–Crippen LogP) is 2.92. The number of fused-ring (bicyclic) bond motifs is 4. The lowest BCUT2D eigenvalue weighted by atomic mass is 9.83. The highest BCUT2D eigenvalue weighted by atomic mass is 17.3. The summed E-state index contributed by atoms with van der Waals surface area (Å²) in [5, 5.41) is 0. The van der Waals surface area contributed by atoms with Crippen molar-refractivity contribution < 1.29 is 14.5 Å². The van der Waals surface area contributed by atoms with E-state index in [0.717, 1.165) is 5.56 Å². The lowest BCUT2D eigenvalue weighted by Gasteiger charge is -2.36. The van der Waals surface area contributed by atoms with E-state index in [1.807, 2.05) is 12.1 Å². The summed E-state index contributed by atoms with van der Waals surface area (Å²) in [7, 11) is 0. The molecule has 16 heavy (non-hydrogen) atoms. The predicted molar refractivity (Wildman–Crippen MR) is 58.4 cm³/mol. The summed E-state index contributed by atoms with van der Waals surface area (Å²) in [6.07, 6.45) is -0.280. The maximum atomic E-state index is 5.94. The number of hydrogen-bond acceptors (Lipinski definition) is 3. The zero-order chi connectivity index (χ0) is 11.3. The molecule has 1 aromatic carbocycles. The molecule has 2 aliphatic rings. The zero-order valence-corrected chi connectivity index (χ0v) is 9.77. The standard InChI is InChI=1S/C13H16O3/c1-8(2)13-11-7-5-4-6-10(11)9(3)12(14-13)15-16-13/h4-9,12H,1-3H3/t9-,12-,13+/m1/s1. The van der Waals surface area contributed by atoms with Crippen molar-refractivity contribution in [2.45, 2.75) is 38.8 Å². The van der Waals surface area contributed by atoms with Gasteiger partial charge >= 0.3 is 0 Å². The number of rotatable bonds is 1. The molecule has 0 radical (unpaired) electrons. The van der Waals surface area contributed by atoms with Gasteiger partial charge in [-0.15, -0.1) is 0 Å². The van der Waals surface area contributed by atoms with E-state index < -0.39 is 5.79 Å². The van der Waals surface area contributed by atoms with Crippen LogP contribution in [-0.4, -0.2) is 6.29 Å². The van der Waals surface area contributed by atoms with Gasteiger partial charge in [0.25, 0.3) is 0 Å². The third kappa shape index (κ3) is 1.14. The quantitative estimate of drug-likeness (QED) is 0.681. The second-order valence-electron chi connectivity index (χ2n) is 4.86. The second-order valence-corrected chi connectivity index (χ2v) is 4.86. The van der Waals surface area contributed by atoms with E-state index in [2.05, 4.69) is 32.9 Å². The number of hydrogen-bond donors (Lipinski definition) is 0. The van der Waals surface area contributed by atoms with Crippen molar-refractivity contribution in [3.8, 4) is 0 Å². The molecule has 0 saturated carbocycles. The monoisotopic (exact) mass is 220 g/mol. The fourth-order valence-corrected chi connectivity index (χ4v) is 2.53. The third-order valence-corrected chi connectivity index (χ3v) is 3.55. The van der Waals surface area contributed by atoms with Crippen LogP contribution in [0.1, 0.15) is 37.8 Å². The normalized spacial score (nSPS) is 36.5. The van der Waals surface area contributed by atoms with Crippen LogP contribution >= 0.6 is 0 Å². The van der Waals surface area contributed by atoms with Crippen LogP contribution in [0, 0.1) is 5.92 Å². The second kappa shape index (κ2) is 3.29. The van der Waals surface area contributed by atoms with Gasteiger partial charge in [-0.3, -0.25) is 0 Å². The van der Waals surface area contributed by atoms with Crippen molar-refractivity contribution in [1.29, 1.82) is 0 Å². The largest absolute Gasteiger partial charge is 0.310 e. The molecule has 1 saturated heterocycles. The average Bonchev–Trinajstić information content (AvgIpc) is 2.70. The smallest absolute Gasteiger partial charge is 0.232 e. The molecular formula is C13H16O3. The Morgan fingerprint density at radius 1 is 1.25 bits per heavy atom. The minimum atomic E-state index is -0.715. The Hall–Kier alpha value is -0.900. The van der Waals surface area contributed by atoms with Crippen LogP contribution in [0.4, 0.5) is 0 Å². The summed E-state index contributed by atoms with van der Waals surface area (Å²) in [5.74, 6) is -0.287. The molecule has 3 nitrogen and oxygen atoms in total. The van der Waals surface area contributed by atoms with Gasteiger partial charge in [-0.05, 0) is 5.56 Å². The molecule has 3 atom stereocenters. The Balaban J connectivity index is 2.20. The van der Waals surface area contributed by atoms with Crippen LogP contribution in [0.15, 0.2) is 24.3 Å². The van der Waals surface area contributed by atoms with Crippen molar-refractivity contribution in [2.24, 2.45) is 5.92 Å². The van der Waals surface area contributed by atoms with Crippen molar-refractivity contribution in [3.63, 3.8) is 0 Å². The highest BCUT2D eigenvalue weighted by molar-refractivity contribution is 5.37. The van der Waals surface area contributed by atoms with Crippen LogP contribution < -0.4 is 0 Å². The first kappa shape index (κ1) is 10.3. The van der Waals surface area contributed by atoms with E-state index in [9.17, 15) is 0 Å². The Morgan fingerprint density at radius 2 is 2.00 bits per heavy atom. The van der Waals surface area contributed by atoms with E-state index in [1.54, 1.807) is 0 Å². The maximum absolute atomic E-state index is 5.94. The molecule has 2 aliphatic heterocycles. The van der Waals surface area contributed by atoms with Gasteiger partial charge in [-0.2, -0.15) is 4.89 Å². The molecule has 3 rings (SSSR count). The Kier molecular flexibility index (Phi) is 2.11. The van der Waals surface area contributed by atoms with E-state index in [0.29, 0.717) is 0 Å². The first-order valence-electron chi connectivity index (χ1n) is 5.77. The van der Waals surface area contributed by atoms with E-state index in [1.165, 1.54) is 5.56 Å². The van der Waals surface area contributed by atoms with Crippen molar-refractivity contribution >= 4 is 0 Å². The molecule has 86 valence electrons. The number of benzene rings is 1. The van der Waals surface area contributed by atoms with E-state index in [-0.39, 0.29) is 18.1 Å². The van der Waals surface area contributed by atoms with Crippen LogP contribution in [0.5, 0.6) is 0 Å². The SMILES string of the molecule is CC(C)[C@@]12OO[C@@H](O1)[C@H](C)c1ccccc12. The van der Waals surface area contributed by atoms with Crippen molar-refractivity contribution in [3.05, 3.63) is 35.4 Å². The zero-order valence-electron chi connectivity index (χ0n) is 9.77. The molecular weight excluding hydrogens is 204 g/mol. The van der Waals surface area contributed by atoms with Crippen LogP contribution in [-0.2, 0) is 20.3 Å².